The van der Waals surface area contributed by atoms with Gasteiger partial charge in [0.2, 0.25) is 5.91 Å². The van der Waals surface area contributed by atoms with Crippen LogP contribution in [-0.4, -0.2) is 51.9 Å². The van der Waals surface area contributed by atoms with Crippen molar-refractivity contribution in [3.8, 4) is 5.75 Å². The van der Waals surface area contributed by atoms with Gasteiger partial charge in [0, 0.05) is 45.7 Å². The zero-order valence-electron chi connectivity index (χ0n) is 16.4. The number of likely N-dealkylation sites (tertiary alicyclic amines) is 1. The maximum Gasteiger partial charge on any atom is 0.223 e. The molecule has 2 N–H and O–H groups in total. The molecule has 0 radical (unpaired) electrons. The summed E-state index contributed by atoms with van der Waals surface area (Å²) in [5, 5.41) is 0.918. The smallest absolute Gasteiger partial charge is 0.223 e. The highest BCUT2D eigenvalue weighted by atomic mass is 35.5. The van der Waals surface area contributed by atoms with Crippen molar-refractivity contribution in [1.29, 1.82) is 0 Å². The number of halogens is 2. The third kappa shape index (κ3) is 6.64. The number of hydrogen-bond donors (Lipinski definition) is 1. The Balaban J connectivity index is 2.05. The van der Waals surface area contributed by atoms with Crippen molar-refractivity contribution in [2.45, 2.75) is 44.4 Å². The van der Waals surface area contributed by atoms with Gasteiger partial charge in [0.15, 0.2) is 6.79 Å². The number of hydrogen-bond acceptors (Lipinski definition) is 4. The fraction of sp³-hybridized carbons (Fsp3) is 0.632. The van der Waals surface area contributed by atoms with Gasteiger partial charge in [-0.25, -0.2) is 0 Å². The minimum atomic E-state index is -1.13. The van der Waals surface area contributed by atoms with Crippen LogP contribution in [-0.2, 0) is 9.53 Å². The van der Waals surface area contributed by atoms with Crippen LogP contribution in [0.5, 0.6) is 5.75 Å². The predicted octanol–water partition coefficient (Wildman–Crippen LogP) is 4.35. The normalized spacial score (nSPS) is 17.6. The summed E-state index contributed by atoms with van der Waals surface area (Å²) in [5.41, 5.74) is 6.36. The highest BCUT2D eigenvalue weighted by Gasteiger charge is 2.34. The number of rotatable bonds is 10. The average molecular weight is 433 g/mol. The van der Waals surface area contributed by atoms with E-state index in [4.69, 9.17) is 38.4 Å². The van der Waals surface area contributed by atoms with Crippen molar-refractivity contribution in [2.24, 2.45) is 5.73 Å². The first kappa shape index (κ1) is 22.5. The lowest BCUT2D eigenvalue weighted by Crippen LogP contribution is -2.27. The highest BCUT2D eigenvalue weighted by molar-refractivity contribution is 6.76. The van der Waals surface area contributed by atoms with E-state index < -0.39 is 8.07 Å². The van der Waals surface area contributed by atoms with Gasteiger partial charge in [-0.15, -0.1) is 0 Å². The van der Waals surface area contributed by atoms with Crippen LogP contribution in [0.2, 0.25) is 35.7 Å². The Morgan fingerprint density at radius 1 is 1.30 bits per heavy atom. The predicted molar refractivity (Wildman–Crippen MR) is 114 cm³/mol. The van der Waals surface area contributed by atoms with Crippen molar-refractivity contribution >= 4 is 37.2 Å². The first-order valence-electron chi connectivity index (χ1n) is 9.39. The molecule has 152 valence electrons. The van der Waals surface area contributed by atoms with E-state index >= 15 is 0 Å². The topological polar surface area (TPSA) is 64.8 Å². The Labute approximate surface area is 173 Å². The lowest BCUT2D eigenvalue weighted by Gasteiger charge is -2.20. The third-order valence-electron chi connectivity index (χ3n) is 4.64. The number of amides is 1. The largest absolute Gasteiger partial charge is 0.467 e. The van der Waals surface area contributed by atoms with Crippen LogP contribution in [0.15, 0.2) is 12.1 Å². The lowest BCUT2D eigenvalue weighted by atomic mass is 9.97. The molecule has 1 aromatic carbocycles. The van der Waals surface area contributed by atoms with Crippen molar-refractivity contribution in [2.75, 3.05) is 33.0 Å². The Bertz CT molecular complexity index is 653. The first-order chi connectivity index (χ1) is 12.7. The van der Waals surface area contributed by atoms with Gasteiger partial charge in [0.1, 0.15) is 5.75 Å². The summed E-state index contributed by atoms with van der Waals surface area (Å²) in [7, 11) is -1.13. The van der Waals surface area contributed by atoms with Crippen LogP contribution < -0.4 is 10.5 Å². The maximum absolute atomic E-state index is 12.3. The standard InChI is InChI=1S/C19H30Cl2N2O3Si/c1-27(2,3)10-9-25-13-26-16-6-5-15(20)19(21)18(16)14-11-17(24)23(12-14)8-4-7-22/h5-6,14H,4,7-13,22H2,1-3H3. The molecular weight excluding hydrogens is 403 g/mol. The highest BCUT2D eigenvalue weighted by Crippen LogP contribution is 2.42. The molecule has 1 aliphatic rings. The molecule has 0 aliphatic carbocycles. The second kappa shape index (κ2) is 10.1. The lowest BCUT2D eigenvalue weighted by molar-refractivity contribution is -0.127. The minimum absolute atomic E-state index is 0.0431. The molecule has 1 aromatic rings. The van der Waals surface area contributed by atoms with Gasteiger partial charge in [0.05, 0.1) is 10.0 Å². The number of ether oxygens (including phenoxy) is 2. The van der Waals surface area contributed by atoms with Gasteiger partial charge < -0.3 is 20.1 Å². The van der Waals surface area contributed by atoms with Crippen LogP contribution in [0.25, 0.3) is 0 Å². The van der Waals surface area contributed by atoms with E-state index in [-0.39, 0.29) is 18.6 Å². The fourth-order valence-corrected chi connectivity index (χ4v) is 4.29. The molecule has 1 saturated heterocycles. The maximum atomic E-state index is 12.3. The summed E-state index contributed by atoms with van der Waals surface area (Å²) in [6, 6.07) is 4.60. The molecule has 2 rings (SSSR count). The Kier molecular flexibility index (Phi) is 8.43. The second-order valence-corrected chi connectivity index (χ2v) is 14.5. The monoisotopic (exact) mass is 432 g/mol. The second-order valence-electron chi connectivity index (χ2n) is 8.14. The number of nitrogens with zero attached hydrogens (tertiary/aromatic N) is 1. The molecule has 1 aliphatic heterocycles. The van der Waals surface area contributed by atoms with Gasteiger partial charge in [-0.1, -0.05) is 42.8 Å². The summed E-state index contributed by atoms with van der Waals surface area (Å²) in [4.78, 5) is 14.1. The molecule has 1 amide bonds. The quantitative estimate of drug-likeness (QED) is 0.339. The van der Waals surface area contributed by atoms with Gasteiger partial charge in [-0.3, -0.25) is 4.79 Å². The third-order valence-corrected chi connectivity index (χ3v) is 7.16. The minimum Gasteiger partial charge on any atom is -0.467 e. The van der Waals surface area contributed by atoms with E-state index in [9.17, 15) is 4.79 Å². The van der Waals surface area contributed by atoms with Gasteiger partial charge in [-0.2, -0.15) is 0 Å². The zero-order valence-corrected chi connectivity index (χ0v) is 18.9. The van der Waals surface area contributed by atoms with Gasteiger partial charge in [0.25, 0.3) is 0 Å². The molecule has 1 heterocycles. The molecule has 1 unspecified atom stereocenters. The zero-order chi connectivity index (χ0) is 20.0. The van der Waals surface area contributed by atoms with E-state index in [1.54, 1.807) is 12.1 Å². The Hall–Kier alpha value is -0.793. The molecule has 0 bridgehead atoms. The van der Waals surface area contributed by atoms with E-state index in [1.807, 2.05) is 4.90 Å². The summed E-state index contributed by atoms with van der Waals surface area (Å²) in [5.74, 6) is 0.705. The first-order valence-corrected chi connectivity index (χ1v) is 13.9. The molecule has 1 fully saturated rings. The van der Waals surface area contributed by atoms with Gasteiger partial charge >= 0.3 is 0 Å². The fourth-order valence-electron chi connectivity index (χ4n) is 3.06. The van der Waals surface area contributed by atoms with E-state index in [0.29, 0.717) is 48.5 Å². The molecule has 0 saturated carbocycles. The number of carbonyl (C=O) groups excluding carboxylic acids is 1. The molecular formula is C19H30Cl2N2O3Si. The van der Waals surface area contributed by atoms with Crippen molar-refractivity contribution < 1.29 is 14.3 Å². The molecule has 1 atom stereocenters. The van der Waals surface area contributed by atoms with E-state index in [2.05, 4.69) is 19.6 Å². The average Bonchev–Trinajstić information content (AvgIpc) is 2.95. The van der Waals surface area contributed by atoms with Crippen LogP contribution in [0.1, 0.15) is 24.3 Å². The summed E-state index contributed by atoms with van der Waals surface area (Å²) in [6.45, 7) is 9.60. The molecule has 27 heavy (non-hydrogen) atoms. The Morgan fingerprint density at radius 2 is 2.04 bits per heavy atom. The summed E-state index contributed by atoms with van der Waals surface area (Å²) in [6.07, 6.45) is 1.19. The molecule has 0 aromatic heterocycles. The van der Waals surface area contributed by atoms with E-state index in [1.165, 1.54) is 0 Å². The molecule has 8 heteroatoms. The number of nitrogens with two attached hydrogens (primary N) is 1. The van der Waals surface area contributed by atoms with Crippen LogP contribution in [0.3, 0.4) is 0 Å². The van der Waals surface area contributed by atoms with Crippen molar-refractivity contribution in [1.82, 2.24) is 4.90 Å². The Morgan fingerprint density at radius 3 is 2.70 bits per heavy atom. The summed E-state index contributed by atoms with van der Waals surface area (Å²) >= 11 is 12.7. The van der Waals surface area contributed by atoms with Crippen molar-refractivity contribution in [3.63, 3.8) is 0 Å². The van der Waals surface area contributed by atoms with Crippen LogP contribution >= 0.6 is 23.2 Å². The summed E-state index contributed by atoms with van der Waals surface area (Å²) < 4.78 is 11.5. The van der Waals surface area contributed by atoms with Crippen LogP contribution in [0, 0.1) is 0 Å². The number of carbonyl (C=O) groups is 1. The van der Waals surface area contributed by atoms with E-state index in [0.717, 1.165) is 18.0 Å². The SMILES string of the molecule is C[Si](C)(C)CCOCOc1ccc(Cl)c(Cl)c1C1CC(=O)N(CCCN)C1. The van der Waals surface area contributed by atoms with Crippen molar-refractivity contribution in [3.05, 3.63) is 27.7 Å². The molecule has 5 nitrogen and oxygen atoms in total. The van der Waals surface area contributed by atoms with Crippen LogP contribution in [0.4, 0.5) is 0 Å². The number of benzene rings is 1. The molecule has 0 spiro atoms. The van der Waals surface area contributed by atoms with Gasteiger partial charge in [-0.05, 0) is 31.1 Å².